The monoisotopic (exact) mass is 364 g/mol. The maximum atomic E-state index is 11.1. The molecule has 0 bridgehead atoms. The van der Waals surface area contributed by atoms with Crippen LogP contribution in [0.25, 0.3) is 0 Å². The van der Waals surface area contributed by atoms with Gasteiger partial charge in [0.15, 0.2) is 0 Å². The number of ether oxygens (including phenoxy) is 1. The van der Waals surface area contributed by atoms with E-state index in [4.69, 9.17) is 9.39 Å². The number of carbonyl (C=O) groups excluding carboxylic acids is 1. The van der Waals surface area contributed by atoms with E-state index in [0.29, 0.717) is 5.03 Å². The highest BCUT2D eigenvalue weighted by molar-refractivity contribution is 8.06. The average Bonchev–Trinajstić information content (AvgIpc) is 2.48. The van der Waals surface area contributed by atoms with Crippen LogP contribution in [0.15, 0.2) is 46.3 Å². The predicted molar refractivity (Wildman–Crippen MR) is 109 cm³/mol. The first-order valence-corrected chi connectivity index (χ1v) is 8.92. The van der Waals surface area contributed by atoms with E-state index in [2.05, 4.69) is 18.5 Å². The van der Waals surface area contributed by atoms with Crippen molar-refractivity contribution in [1.82, 2.24) is 5.32 Å². The second kappa shape index (κ2) is 10.0. The molecular weight excluding hydrogens is 333 g/mol. The molecule has 139 valence electrons. The Balaban J connectivity index is 5.19. The molecular formula is C19H31BNO3S. The van der Waals surface area contributed by atoms with Crippen molar-refractivity contribution in [2.24, 2.45) is 0 Å². The quantitative estimate of drug-likeness (QED) is 0.457. The Bertz CT molecular complexity index is 577. The maximum absolute atomic E-state index is 11.1. The minimum absolute atomic E-state index is 0.150. The largest absolute Gasteiger partial charge is 0.427 e. The predicted octanol–water partition coefficient (Wildman–Crippen LogP) is 4.53. The van der Waals surface area contributed by atoms with Gasteiger partial charge >= 0.3 is 7.48 Å². The highest BCUT2D eigenvalue weighted by atomic mass is 32.2. The summed E-state index contributed by atoms with van der Waals surface area (Å²) in [6.45, 7) is 21.1. The molecule has 0 aromatic rings. The minimum Gasteiger partial charge on any atom is -0.427 e. The van der Waals surface area contributed by atoms with Crippen LogP contribution < -0.4 is 5.32 Å². The summed E-state index contributed by atoms with van der Waals surface area (Å²) in [5.41, 5.74) is 0.805. The van der Waals surface area contributed by atoms with E-state index in [-0.39, 0.29) is 5.91 Å². The third kappa shape index (κ3) is 8.12. The number of methoxy groups -OCH3 is 1. The van der Waals surface area contributed by atoms with Gasteiger partial charge in [-0.05, 0) is 47.1 Å². The van der Waals surface area contributed by atoms with Gasteiger partial charge < -0.3 is 14.7 Å². The van der Waals surface area contributed by atoms with Gasteiger partial charge in [-0.3, -0.25) is 4.79 Å². The SMILES string of the molecule is C=C(NC(C)=O)SC(=CC([B]OC(C)(C)C(C)(C)OC)=CC)C(=C)C. The summed E-state index contributed by atoms with van der Waals surface area (Å²) < 4.78 is 11.5. The molecule has 0 saturated carbocycles. The third-order valence-corrected chi connectivity index (χ3v) is 5.08. The Labute approximate surface area is 158 Å². The number of amides is 1. The first-order valence-electron chi connectivity index (χ1n) is 8.10. The van der Waals surface area contributed by atoms with Gasteiger partial charge in [-0.25, -0.2) is 0 Å². The van der Waals surface area contributed by atoms with E-state index in [1.807, 2.05) is 53.7 Å². The molecule has 4 nitrogen and oxygen atoms in total. The van der Waals surface area contributed by atoms with Crippen LogP contribution in [0.2, 0.25) is 0 Å². The summed E-state index contributed by atoms with van der Waals surface area (Å²) in [5.74, 6) is -0.150. The van der Waals surface area contributed by atoms with Gasteiger partial charge in [0.2, 0.25) is 5.91 Å². The van der Waals surface area contributed by atoms with Gasteiger partial charge in [-0.1, -0.05) is 42.5 Å². The highest BCUT2D eigenvalue weighted by Gasteiger charge is 2.37. The van der Waals surface area contributed by atoms with E-state index in [9.17, 15) is 4.79 Å². The van der Waals surface area contributed by atoms with Crippen LogP contribution in [0.4, 0.5) is 0 Å². The zero-order chi connectivity index (χ0) is 19.8. The summed E-state index contributed by atoms with van der Waals surface area (Å²) in [6.07, 6.45) is 3.90. The molecule has 1 amide bonds. The lowest BCUT2D eigenvalue weighted by molar-refractivity contribution is -0.118. The molecule has 6 heteroatoms. The maximum Gasteiger partial charge on any atom is 0.330 e. The Hall–Kier alpha value is -1.24. The number of nitrogens with one attached hydrogen (secondary N) is 1. The van der Waals surface area contributed by atoms with E-state index < -0.39 is 11.2 Å². The van der Waals surface area contributed by atoms with Crippen molar-refractivity contribution in [1.29, 1.82) is 0 Å². The molecule has 0 aromatic carbocycles. The normalized spacial score (nSPS) is 13.4. The van der Waals surface area contributed by atoms with Crippen molar-refractivity contribution in [3.05, 3.63) is 46.3 Å². The fourth-order valence-corrected chi connectivity index (χ4v) is 2.36. The van der Waals surface area contributed by atoms with Crippen molar-refractivity contribution in [3.63, 3.8) is 0 Å². The number of allylic oxidation sites excluding steroid dienone is 4. The summed E-state index contributed by atoms with van der Waals surface area (Å²) in [4.78, 5) is 12.0. The van der Waals surface area contributed by atoms with Crippen LogP contribution in [0.5, 0.6) is 0 Å². The number of hydrogen-bond donors (Lipinski definition) is 1. The molecule has 0 heterocycles. The van der Waals surface area contributed by atoms with Gasteiger partial charge in [0.1, 0.15) is 0 Å². The van der Waals surface area contributed by atoms with E-state index >= 15 is 0 Å². The van der Waals surface area contributed by atoms with Crippen LogP contribution >= 0.6 is 11.8 Å². The first-order chi connectivity index (χ1) is 11.4. The molecule has 25 heavy (non-hydrogen) atoms. The molecule has 0 spiro atoms. The number of thioether (sulfide) groups is 1. The van der Waals surface area contributed by atoms with Crippen molar-refractivity contribution in [2.45, 2.75) is 59.7 Å². The van der Waals surface area contributed by atoms with Gasteiger partial charge in [-0.15, -0.1) is 0 Å². The minimum atomic E-state index is -0.514. The lowest BCUT2D eigenvalue weighted by Gasteiger charge is -2.40. The molecule has 0 atom stereocenters. The summed E-state index contributed by atoms with van der Waals surface area (Å²) in [6, 6.07) is 0. The zero-order valence-electron chi connectivity index (χ0n) is 16.8. The van der Waals surface area contributed by atoms with Crippen LogP contribution in [0.1, 0.15) is 48.5 Å². The lowest BCUT2D eigenvalue weighted by atomic mass is 9.81. The topological polar surface area (TPSA) is 47.6 Å². The van der Waals surface area contributed by atoms with E-state index in [1.54, 1.807) is 14.6 Å². The van der Waals surface area contributed by atoms with Crippen molar-refractivity contribution < 1.29 is 14.2 Å². The highest BCUT2D eigenvalue weighted by Crippen LogP contribution is 2.31. The smallest absolute Gasteiger partial charge is 0.330 e. The van der Waals surface area contributed by atoms with Crippen LogP contribution in [-0.2, 0) is 14.2 Å². The molecule has 1 radical (unpaired) electrons. The molecule has 0 rings (SSSR count). The van der Waals surface area contributed by atoms with Gasteiger partial charge in [-0.2, -0.15) is 0 Å². The third-order valence-electron chi connectivity index (χ3n) is 4.05. The van der Waals surface area contributed by atoms with Crippen LogP contribution in [-0.4, -0.2) is 31.7 Å². The number of carbonyl (C=O) groups is 1. The fourth-order valence-electron chi connectivity index (χ4n) is 1.53. The first kappa shape index (κ1) is 23.8. The molecule has 0 unspecified atom stereocenters. The van der Waals surface area contributed by atoms with Crippen molar-refractivity contribution in [3.8, 4) is 0 Å². The fraction of sp³-hybridized carbons (Fsp3) is 0.526. The van der Waals surface area contributed by atoms with Crippen LogP contribution in [0.3, 0.4) is 0 Å². The average molecular weight is 364 g/mol. The summed E-state index contributed by atoms with van der Waals surface area (Å²) in [7, 11) is 3.39. The van der Waals surface area contributed by atoms with Gasteiger partial charge in [0.05, 0.1) is 16.2 Å². The molecule has 0 aliphatic rings. The second-order valence-electron chi connectivity index (χ2n) is 6.74. The number of hydrogen-bond acceptors (Lipinski definition) is 4. The molecule has 0 saturated heterocycles. The van der Waals surface area contributed by atoms with Crippen LogP contribution in [0, 0.1) is 0 Å². The Morgan fingerprint density at radius 1 is 1.16 bits per heavy atom. The van der Waals surface area contributed by atoms with E-state index in [0.717, 1.165) is 16.0 Å². The standard InChI is InChI=1S/C19H31BNO3S/c1-11-16(20-24-19(8,9)18(6,7)23-10)12-17(13(2)3)25-15(5)21-14(4)22/h11-12H,2,5H2,1,3-4,6-10H3,(H,21,22). The van der Waals surface area contributed by atoms with E-state index in [1.165, 1.54) is 18.7 Å². The Morgan fingerprint density at radius 3 is 2.12 bits per heavy atom. The van der Waals surface area contributed by atoms with Crippen molar-refractivity contribution in [2.75, 3.05) is 7.11 Å². The molecule has 0 aliphatic carbocycles. The van der Waals surface area contributed by atoms with Gasteiger partial charge in [0, 0.05) is 18.9 Å². The Kier molecular flexibility index (Phi) is 9.55. The number of rotatable bonds is 10. The molecule has 0 aliphatic heterocycles. The van der Waals surface area contributed by atoms with Gasteiger partial charge in [0.25, 0.3) is 0 Å². The second-order valence-corrected chi connectivity index (χ2v) is 7.88. The Morgan fingerprint density at radius 2 is 1.72 bits per heavy atom. The molecule has 0 aromatic heterocycles. The molecule has 1 N–H and O–H groups in total. The van der Waals surface area contributed by atoms with Crippen molar-refractivity contribution >= 4 is 25.2 Å². The summed E-state index contributed by atoms with van der Waals surface area (Å²) in [5, 5.41) is 3.23. The summed E-state index contributed by atoms with van der Waals surface area (Å²) >= 11 is 1.36. The zero-order valence-corrected chi connectivity index (χ0v) is 17.6. The lowest BCUT2D eigenvalue weighted by Crippen LogP contribution is -2.49. The molecule has 0 fully saturated rings.